The molecule has 0 radical (unpaired) electrons. The molecule has 0 aliphatic heterocycles. The number of aryl methyl sites for hydroxylation is 1. The average molecular weight is 381 g/mol. The molecule has 0 aromatic heterocycles. The second-order valence-corrected chi connectivity index (χ2v) is 8.16. The molecule has 0 saturated heterocycles. The van der Waals surface area contributed by atoms with Gasteiger partial charge < -0.3 is 10.1 Å². The zero-order chi connectivity index (χ0) is 19.4. The van der Waals surface area contributed by atoms with Crippen molar-refractivity contribution in [3.05, 3.63) is 83.9 Å². The van der Waals surface area contributed by atoms with Crippen molar-refractivity contribution in [2.75, 3.05) is 11.6 Å². The smallest absolute Gasteiger partial charge is 0.255 e. The molecule has 0 aliphatic carbocycles. The van der Waals surface area contributed by atoms with Crippen LogP contribution in [0.25, 0.3) is 0 Å². The van der Waals surface area contributed by atoms with Crippen molar-refractivity contribution < 1.29 is 17.9 Å². The Bertz CT molecular complexity index is 1060. The number of sulfone groups is 1. The lowest BCUT2D eigenvalue weighted by Gasteiger charge is -2.10. The Labute approximate surface area is 158 Å². The van der Waals surface area contributed by atoms with Crippen LogP contribution in [-0.4, -0.2) is 20.6 Å². The maximum atomic E-state index is 12.6. The largest absolute Gasteiger partial charge is 0.457 e. The molecule has 0 fully saturated rings. The van der Waals surface area contributed by atoms with E-state index in [4.69, 9.17) is 4.74 Å². The minimum Gasteiger partial charge on any atom is -0.457 e. The molecule has 0 aliphatic rings. The van der Waals surface area contributed by atoms with Gasteiger partial charge in [-0.3, -0.25) is 4.79 Å². The van der Waals surface area contributed by atoms with Crippen LogP contribution in [0.3, 0.4) is 0 Å². The second-order valence-electron chi connectivity index (χ2n) is 6.14. The summed E-state index contributed by atoms with van der Waals surface area (Å²) in [7, 11) is -3.38. The summed E-state index contributed by atoms with van der Waals surface area (Å²) in [4.78, 5) is 12.7. The minimum absolute atomic E-state index is 0.116. The summed E-state index contributed by atoms with van der Waals surface area (Å²) >= 11 is 0. The number of benzene rings is 3. The summed E-state index contributed by atoms with van der Waals surface area (Å²) < 4.78 is 29.2. The first-order valence-electron chi connectivity index (χ1n) is 8.28. The molecule has 3 aromatic carbocycles. The molecule has 3 rings (SSSR count). The van der Waals surface area contributed by atoms with Crippen LogP contribution in [-0.2, 0) is 9.84 Å². The first kappa shape index (κ1) is 18.7. The highest BCUT2D eigenvalue weighted by molar-refractivity contribution is 7.90. The summed E-state index contributed by atoms with van der Waals surface area (Å²) in [5.74, 6) is 1.01. The predicted octanol–water partition coefficient (Wildman–Crippen LogP) is 4.44. The molecular formula is C21H19NO4S. The van der Waals surface area contributed by atoms with Gasteiger partial charge in [0.15, 0.2) is 9.84 Å². The van der Waals surface area contributed by atoms with Gasteiger partial charge in [-0.1, -0.05) is 24.3 Å². The summed E-state index contributed by atoms with van der Waals surface area (Å²) in [6, 6.07) is 20.9. The van der Waals surface area contributed by atoms with Gasteiger partial charge in [-0.05, 0) is 61.0 Å². The van der Waals surface area contributed by atoms with E-state index in [1.54, 1.807) is 37.3 Å². The Morgan fingerprint density at radius 3 is 2.15 bits per heavy atom. The molecule has 0 bridgehead atoms. The Balaban J connectivity index is 1.75. The van der Waals surface area contributed by atoms with Crippen LogP contribution in [0.5, 0.6) is 11.5 Å². The highest BCUT2D eigenvalue weighted by Gasteiger charge is 2.14. The van der Waals surface area contributed by atoms with Gasteiger partial charge in [0, 0.05) is 17.5 Å². The van der Waals surface area contributed by atoms with Crippen LogP contribution in [0, 0.1) is 6.92 Å². The number of carbonyl (C=O) groups is 1. The van der Waals surface area contributed by atoms with Crippen LogP contribution >= 0.6 is 0 Å². The molecule has 0 spiro atoms. The Morgan fingerprint density at radius 2 is 1.52 bits per heavy atom. The standard InChI is InChI=1S/C21H19NO4S/c1-15-8-13-19(27(2,24)25)14-20(15)21(23)22-16-9-11-18(12-10-16)26-17-6-4-3-5-7-17/h3-14H,1-2H3,(H,22,23). The lowest BCUT2D eigenvalue weighted by molar-refractivity contribution is 0.102. The number of nitrogens with one attached hydrogen (secondary N) is 1. The third-order valence-corrected chi connectivity index (χ3v) is 5.08. The van der Waals surface area contributed by atoms with Gasteiger partial charge in [0.2, 0.25) is 0 Å². The van der Waals surface area contributed by atoms with Crippen molar-refractivity contribution in [3.63, 3.8) is 0 Å². The van der Waals surface area contributed by atoms with Crippen molar-refractivity contribution in [2.24, 2.45) is 0 Å². The topological polar surface area (TPSA) is 72.5 Å². The van der Waals surface area contributed by atoms with E-state index >= 15 is 0 Å². The highest BCUT2D eigenvalue weighted by Crippen LogP contribution is 2.23. The van der Waals surface area contributed by atoms with E-state index < -0.39 is 9.84 Å². The van der Waals surface area contributed by atoms with Crippen LogP contribution in [0.2, 0.25) is 0 Å². The molecule has 6 heteroatoms. The molecular weight excluding hydrogens is 362 g/mol. The SMILES string of the molecule is Cc1ccc(S(C)(=O)=O)cc1C(=O)Nc1ccc(Oc2ccccc2)cc1. The maximum absolute atomic E-state index is 12.6. The summed E-state index contributed by atoms with van der Waals surface area (Å²) in [6.45, 7) is 1.76. The molecule has 1 N–H and O–H groups in total. The Hall–Kier alpha value is -3.12. The zero-order valence-electron chi connectivity index (χ0n) is 15.0. The van der Waals surface area contributed by atoms with Crippen LogP contribution in [0.1, 0.15) is 15.9 Å². The average Bonchev–Trinajstić information content (AvgIpc) is 2.63. The molecule has 1 amide bonds. The van der Waals surface area contributed by atoms with Gasteiger partial charge in [0.25, 0.3) is 5.91 Å². The minimum atomic E-state index is -3.38. The van der Waals surface area contributed by atoms with E-state index in [1.165, 1.54) is 12.1 Å². The summed E-state index contributed by atoms with van der Waals surface area (Å²) in [5, 5.41) is 2.78. The number of anilines is 1. The maximum Gasteiger partial charge on any atom is 0.255 e. The third-order valence-electron chi connectivity index (χ3n) is 3.97. The number of para-hydroxylation sites is 1. The van der Waals surface area contributed by atoms with E-state index in [0.29, 0.717) is 22.6 Å². The lowest BCUT2D eigenvalue weighted by Crippen LogP contribution is -2.14. The van der Waals surface area contributed by atoms with Crippen LogP contribution in [0.4, 0.5) is 5.69 Å². The molecule has 0 atom stereocenters. The van der Waals surface area contributed by atoms with Gasteiger partial charge in [0.05, 0.1) is 4.90 Å². The molecule has 0 unspecified atom stereocenters. The van der Waals surface area contributed by atoms with Crippen molar-refractivity contribution in [3.8, 4) is 11.5 Å². The Kier molecular flexibility index (Phi) is 5.28. The number of ether oxygens (including phenoxy) is 1. The molecule has 0 saturated carbocycles. The van der Waals surface area contributed by atoms with E-state index in [2.05, 4.69) is 5.32 Å². The quantitative estimate of drug-likeness (QED) is 0.709. The number of hydrogen-bond donors (Lipinski definition) is 1. The Morgan fingerprint density at radius 1 is 0.889 bits per heavy atom. The number of carbonyl (C=O) groups excluding carboxylic acids is 1. The van der Waals surface area contributed by atoms with Crippen molar-refractivity contribution >= 4 is 21.4 Å². The summed E-state index contributed by atoms with van der Waals surface area (Å²) in [5.41, 5.74) is 1.61. The van der Waals surface area contributed by atoms with Crippen LogP contribution in [0.15, 0.2) is 77.7 Å². The summed E-state index contributed by atoms with van der Waals surface area (Å²) in [6.07, 6.45) is 1.12. The molecule has 5 nitrogen and oxygen atoms in total. The first-order valence-corrected chi connectivity index (χ1v) is 10.2. The van der Waals surface area contributed by atoms with Crippen molar-refractivity contribution in [1.29, 1.82) is 0 Å². The van der Waals surface area contributed by atoms with Crippen molar-refractivity contribution in [2.45, 2.75) is 11.8 Å². The fraction of sp³-hybridized carbons (Fsp3) is 0.0952. The monoisotopic (exact) mass is 381 g/mol. The number of amides is 1. The zero-order valence-corrected chi connectivity index (χ0v) is 15.8. The van der Waals surface area contributed by atoms with Gasteiger partial charge in [-0.15, -0.1) is 0 Å². The highest BCUT2D eigenvalue weighted by atomic mass is 32.2. The van der Waals surface area contributed by atoms with Crippen LogP contribution < -0.4 is 10.1 Å². The fourth-order valence-corrected chi connectivity index (χ4v) is 3.15. The lowest BCUT2D eigenvalue weighted by atomic mass is 10.1. The number of hydrogen-bond acceptors (Lipinski definition) is 4. The second kappa shape index (κ2) is 7.63. The third kappa shape index (κ3) is 4.74. The fourth-order valence-electron chi connectivity index (χ4n) is 2.51. The first-order chi connectivity index (χ1) is 12.8. The van der Waals surface area contributed by atoms with Gasteiger partial charge in [-0.2, -0.15) is 0 Å². The van der Waals surface area contributed by atoms with Gasteiger partial charge in [0.1, 0.15) is 11.5 Å². The van der Waals surface area contributed by atoms with Gasteiger partial charge in [-0.25, -0.2) is 8.42 Å². The molecule has 0 heterocycles. The van der Waals surface area contributed by atoms with Gasteiger partial charge >= 0.3 is 0 Å². The van der Waals surface area contributed by atoms with Crippen molar-refractivity contribution in [1.82, 2.24) is 0 Å². The number of rotatable bonds is 5. The molecule has 27 heavy (non-hydrogen) atoms. The van der Waals surface area contributed by atoms with E-state index in [1.807, 2.05) is 30.3 Å². The normalized spacial score (nSPS) is 11.0. The van der Waals surface area contributed by atoms with E-state index in [-0.39, 0.29) is 10.8 Å². The predicted molar refractivity (Wildman–Crippen MR) is 105 cm³/mol. The molecule has 3 aromatic rings. The van der Waals surface area contributed by atoms with E-state index in [9.17, 15) is 13.2 Å². The molecule has 138 valence electrons. The van der Waals surface area contributed by atoms with E-state index in [0.717, 1.165) is 12.0 Å².